The molecule has 20 heavy (non-hydrogen) atoms. The van der Waals surface area contributed by atoms with Gasteiger partial charge in [-0.25, -0.2) is 0 Å². The van der Waals surface area contributed by atoms with Gasteiger partial charge < -0.3 is 19.5 Å². The highest BCUT2D eigenvalue weighted by Crippen LogP contribution is 2.55. The van der Waals surface area contributed by atoms with Crippen LogP contribution in [0, 0.1) is 23.7 Å². The third-order valence-corrected chi connectivity index (χ3v) is 5.84. The topological polar surface area (TPSA) is 73.9 Å². The predicted octanol–water partition coefficient (Wildman–Crippen LogP) is -0.532. The van der Waals surface area contributed by atoms with Crippen LogP contribution in [0.2, 0.25) is 0 Å². The maximum Gasteiger partial charge on any atom is 0.313 e. The Morgan fingerprint density at radius 2 is 2.10 bits per heavy atom. The van der Waals surface area contributed by atoms with Crippen molar-refractivity contribution in [3.8, 4) is 0 Å². The summed E-state index contributed by atoms with van der Waals surface area (Å²) in [4.78, 5) is 24.5. The van der Waals surface area contributed by atoms with Gasteiger partial charge in [0.25, 0.3) is 0 Å². The molecule has 4 aliphatic heterocycles. The van der Waals surface area contributed by atoms with E-state index in [4.69, 9.17) is 14.2 Å². The predicted molar refractivity (Wildman–Crippen MR) is 64.5 cm³/mol. The molecule has 1 unspecified atom stereocenters. The number of amides is 1. The standard InChI is InChI=1S/C14H17NO5/c16-12(15-11-6-3-18-4-7(6)11)9-8-1-2-14(20-8)5-19-13(17)10(9)14/h6-11H,1-5H2,(H,15,16)/t6-,7+,8-,9-,10+,11?,14-/m1/s1. The lowest BCUT2D eigenvalue weighted by Crippen LogP contribution is -2.46. The van der Waals surface area contributed by atoms with Gasteiger partial charge >= 0.3 is 5.97 Å². The molecule has 4 saturated heterocycles. The van der Waals surface area contributed by atoms with Gasteiger partial charge in [0.2, 0.25) is 5.91 Å². The molecule has 1 aliphatic carbocycles. The van der Waals surface area contributed by atoms with Crippen LogP contribution in [-0.2, 0) is 23.8 Å². The third-order valence-electron chi connectivity index (χ3n) is 5.84. The van der Waals surface area contributed by atoms with E-state index in [-0.39, 0.29) is 29.9 Å². The maximum absolute atomic E-state index is 12.6. The van der Waals surface area contributed by atoms with Gasteiger partial charge in [-0.15, -0.1) is 0 Å². The number of fused-ring (bicyclic) bond motifs is 2. The molecular weight excluding hydrogens is 262 g/mol. The Labute approximate surface area is 116 Å². The summed E-state index contributed by atoms with van der Waals surface area (Å²) in [5, 5.41) is 3.11. The number of esters is 1. The summed E-state index contributed by atoms with van der Waals surface area (Å²) in [7, 11) is 0. The number of ether oxygens (including phenoxy) is 3. The average molecular weight is 279 g/mol. The van der Waals surface area contributed by atoms with Crippen molar-refractivity contribution in [3.63, 3.8) is 0 Å². The fourth-order valence-electron chi connectivity index (χ4n) is 4.70. The third kappa shape index (κ3) is 1.27. The summed E-state index contributed by atoms with van der Waals surface area (Å²) in [6.45, 7) is 1.81. The zero-order valence-electron chi connectivity index (χ0n) is 11.0. The van der Waals surface area contributed by atoms with Gasteiger partial charge in [-0.1, -0.05) is 0 Å². The molecule has 0 aromatic rings. The van der Waals surface area contributed by atoms with Gasteiger partial charge in [0.05, 0.1) is 25.2 Å². The highest BCUT2D eigenvalue weighted by atomic mass is 16.6. The first-order valence-corrected chi connectivity index (χ1v) is 7.42. The lowest BCUT2D eigenvalue weighted by atomic mass is 9.73. The monoisotopic (exact) mass is 279 g/mol. The quantitative estimate of drug-likeness (QED) is 0.688. The molecule has 0 aromatic carbocycles. The van der Waals surface area contributed by atoms with Crippen molar-refractivity contribution in [3.05, 3.63) is 0 Å². The van der Waals surface area contributed by atoms with Crippen LogP contribution < -0.4 is 5.32 Å². The summed E-state index contributed by atoms with van der Waals surface area (Å²) >= 11 is 0. The molecule has 0 aromatic heterocycles. The Balaban J connectivity index is 1.36. The number of carbonyl (C=O) groups excluding carboxylic acids is 2. The maximum atomic E-state index is 12.6. The van der Waals surface area contributed by atoms with Crippen molar-refractivity contribution < 1.29 is 23.8 Å². The van der Waals surface area contributed by atoms with Gasteiger partial charge in [-0.3, -0.25) is 9.59 Å². The fourth-order valence-corrected chi connectivity index (χ4v) is 4.70. The van der Waals surface area contributed by atoms with E-state index in [1.54, 1.807) is 0 Å². The van der Waals surface area contributed by atoms with Crippen molar-refractivity contribution >= 4 is 11.9 Å². The van der Waals surface area contributed by atoms with E-state index in [0.29, 0.717) is 18.4 Å². The van der Waals surface area contributed by atoms with E-state index in [9.17, 15) is 9.59 Å². The number of hydrogen-bond acceptors (Lipinski definition) is 5. The largest absolute Gasteiger partial charge is 0.462 e. The van der Waals surface area contributed by atoms with Crippen molar-refractivity contribution in [1.29, 1.82) is 0 Å². The average Bonchev–Trinajstić information content (AvgIpc) is 2.98. The number of nitrogens with one attached hydrogen (secondary N) is 1. The molecule has 5 fully saturated rings. The summed E-state index contributed by atoms with van der Waals surface area (Å²) in [6, 6.07) is 0.240. The van der Waals surface area contributed by atoms with Gasteiger partial charge in [-0.05, 0) is 12.8 Å². The van der Waals surface area contributed by atoms with Crippen molar-refractivity contribution in [2.24, 2.45) is 23.7 Å². The molecule has 1 N–H and O–H groups in total. The first-order valence-electron chi connectivity index (χ1n) is 7.42. The SMILES string of the molecule is O=C(NC1[C@H]2COC[C@@H]12)[C@H]1[C@H]2C(=O)OC[C@]23CC[C@H]1O3. The molecule has 5 aliphatic rings. The van der Waals surface area contributed by atoms with Crippen LogP contribution in [0.25, 0.3) is 0 Å². The molecule has 1 spiro atoms. The zero-order valence-corrected chi connectivity index (χ0v) is 11.0. The van der Waals surface area contributed by atoms with Gasteiger partial charge in [0, 0.05) is 17.9 Å². The van der Waals surface area contributed by atoms with Gasteiger partial charge in [-0.2, -0.15) is 0 Å². The van der Waals surface area contributed by atoms with Crippen molar-refractivity contribution in [2.75, 3.05) is 19.8 Å². The van der Waals surface area contributed by atoms with Crippen LogP contribution in [0.4, 0.5) is 0 Å². The van der Waals surface area contributed by atoms with Crippen LogP contribution in [-0.4, -0.2) is 49.4 Å². The number of cyclic esters (lactones) is 1. The van der Waals surface area contributed by atoms with Gasteiger partial charge in [0.1, 0.15) is 18.1 Å². The molecule has 108 valence electrons. The first kappa shape index (κ1) is 11.5. The van der Waals surface area contributed by atoms with E-state index in [1.807, 2.05) is 0 Å². The fraction of sp³-hybridized carbons (Fsp3) is 0.857. The normalized spacial score (nSPS) is 54.5. The minimum Gasteiger partial charge on any atom is -0.462 e. The van der Waals surface area contributed by atoms with E-state index >= 15 is 0 Å². The van der Waals surface area contributed by atoms with E-state index in [0.717, 1.165) is 26.1 Å². The second-order valence-electron chi connectivity index (χ2n) is 6.77. The number of hydrogen-bond donors (Lipinski definition) is 1. The highest BCUT2D eigenvalue weighted by molar-refractivity contribution is 5.89. The van der Waals surface area contributed by atoms with Crippen LogP contribution in [0.3, 0.4) is 0 Å². The van der Waals surface area contributed by atoms with Crippen LogP contribution in [0.15, 0.2) is 0 Å². The minimum absolute atomic E-state index is 0.0279. The number of carbonyl (C=O) groups is 2. The molecule has 6 nitrogen and oxygen atoms in total. The summed E-state index contributed by atoms with van der Waals surface area (Å²) in [6.07, 6.45) is 1.58. The minimum atomic E-state index is -0.508. The first-order chi connectivity index (χ1) is 9.70. The van der Waals surface area contributed by atoms with Crippen molar-refractivity contribution in [1.82, 2.24) is 5.32 Å². The molecule has 1 saturated carbocycles. The summed E-state index contributed by atoms with van der Waals surface area (Å²) < 4.78 is 16.4. The Bertz CT molecular complexity index is 498. The molecule has 2 bridgehead atoms. The van der Waals surface area contributed by atoms with Gasteiger partial charge in [0.15, 0.2) is 0 Å². The summed E-state index contributed by atoms with van der Waals surface area (Å²) in [5.74, 6) is -0.0884. The Morgan fingerprint density at radius 3 is 2.90 bits per heavy atom. The lowest BCUT2D eigenvalue weighted by molar-refractivity contribution is -0.146. The second-order valence-corrected chi connectivity index (χ2v) is 6.77. The van der Waals surface area contributed by atoms with Crippen LogP contribution in [0.5, 0.6) is 0 Å². The smallest absolute Gasteiger partial charge is 0.313 e. The Kier molecular flexibility index (Phi) is 2.04. The molecule has 1 amide bonds. The molecule has 0 radical (unpaired) electrons. The zero-order chi connectivity index (χ0) is 13.5. The molecule has 4 heterocycles. The molecule has 7 atom stereocenters. The second kappa shape index (κ2) is 3.54. The highest BCUT2D eigenvalue weighted by Gasteiger charge is 2.69. The summed E-state index contributed by atoms with van der Waals surface area (Å²) in [5.41, 5.74) is -0.508. The van der Waals surface area contributed by atoms with Crippen LogP contribution >= 0.6 is 0 Å². The molecule has 5 rings (SSSR count). The Morgan fingerprint density at radius 1 is 1.30 bits per heavy atom. The van der Waals surface area contributed by atoms with Crippen LogP contribution in [0.1, 0.15) is 12.8 Å². The van der Waals surface area contributed by atoms with E-state index in [1.165, 1.54) is 0 Å². The lowest BCUT2D eigenvalue weighted by Gasteiger charge is -2.25. The van der Waals surface area contributed by atoms with E-state index in [2.05, 4.69) is 5.32 Å². The Hall–Kier alpha value is -1.14. The number of rotatable bonds is 2. The van der Waals surface area contributed by atoms with E-state index < -0.39 is 11.5 Å². The van der Waals surface area contributed by atoms with Crippen molar-refractivity contribution in [2.45, 2.75) is 30.6 Å². The molecular formula is C14H17NO5. The molecule has 6 heteroatoms.